The molecule has 33 heavy (non-hydrogen) atoms. The summed E-state index contributed by atoms with van der Waals surface area (Å²) in [6.45, 7) is 8.14. The fraction of sp³-hybridized carbons (Fsp3) is 0.350. The zero-order valence-corrected chi connectivity index (χ0v) is 22.1. The molecule has 4 rings (SSSR count). The topological polar surface area (TPSA) is 108 Å². The zero-order valence-electron chi connectivity index (χ0n) is 18.7. The third-order valence-corrected chi connectivity index (χ3v) is 7.55. The summed E-state index contributed by atoms with van der Waals surface area (Å²) >= 11 is 4.61. The van der Waals surface area contributed by atoms with Crippen LogP contribution in [0.3, 0.4) is 0 Å². The largest absolute Gasteiger partial charge is 0.464 e. The lowest BCUT2D eigenvalue weighted by Crippen LogP contribution is -2.22. The highest BCUT2D eigenvalue weighted by atomic mass is 79.9. The van der Waals surface area contributed by atoms with Crippen molar-refractivity contribution in [3.8, 4) is 11.3 Å². The number of esters is 1. The van der Waals surface area contributed by atoms with Crippen LogP contribution in [0, 0.1) is 0 Å². The van der Waals surface area contributed by atoms with Crippen molar-refractivity contribution in [1.29, 1.82) is 0 Å². The molecule has 13 heteroatoms. The quantitative estimate of drug-likeness (QED) is 0.182. The molecule has 4 aromatic heterocycles. The molecule has 174 valence electrons. The molecule has 4 heterocycles. The van der Waals surface area contributed by atoms with Crippen LogP contribution in [0.25, 0.3) is 16.9 Å². The van der Waals surface area contributed by atoms with Gasteiger partial charge in [0.1, 0.15) is 16.3 Å². The normalized spacial score (nSPS) is 11.8. The van der Waals surface area contributed by atoms with Crippen molar-refractivity contribution < 1.29 is 14.3 Å². The van der Waals surface area contributed by atoms with Crippen molar-refractivity contribution >= 4 is 58.0 Å². The minimum atomic E-state index is -1.12. The number of nitrogens with zero attached hydrogens (tertiary/aromatic N) is 6. The number of hydrogen-bond acceptors (Lipinski definition) is 9. The van der Waals surface area contributed by atoms with Crippen LogP contribution >= 0.6 is 27.5 Å². The molecule has 0 bridgehead atoms. The van der Waals surface area contributed by atoms with Gasteiger partial charge in [0.15, 0.2) is 17.2 Å². The minimum Gasteiger partial charge on any atom is -0.464 e. The van der Waals surface area contributed by atoms with Crippen molar-refractivity contribution in [3.05, 3.63) is 41.2 Å². The third kappa shape index (κ3) is 5.66. The van der Waals surface area contributed by atoms with E-state index in [1.165, 1.54) is 7.11 Å². The van der Waals surface area contributed by atoms with Crippen LogP contribution in [0.2, 0.25) is 25.7 Å². The lowest BCUT2D eigenvalue weighted by atomic mass is 10.3. The number of fused-ring (bicyclic) bond motifs is 1. The second kappa shape index (κ2) is 9.71. The van der Waals surface area contributed by atoms with Gasteiger partial charge in [-0.15, -0.1) is 0 Å². The van der Waals surface area contributed by atoms with Gasteiger partial charge in [0.2, 0.25) is 0 Å². The average molecular weight is 551 g/mol. The van der Waals surface area contributed by atoms with Gasteiger partial charge in [-0.2, -0.15) is 9.47 Å². The first-order chi connectivity index (χ1) is 15.7. The molecular formula is C20H24BrN7O3SSi. The Balaban J connectivity index is 1.54. The average Bonchev–Trinajstić information content (AvgIpc) is 3.49. The summed E-state index contributed by atoms with van der Waals surface area (Å²) < 4.78 is 18.9. The third-order valence-electron chi connectivity index (χ3n) is 4.76. The Bertz CT molecular complexity index is 1280. The molecule has 0 aliphatic carbocycles. The maximum Gasteiger partial charge on any atom is 0.357 e. The molecule has 0 spiro atoms. The van der Waals surface area contributed by atoms with Crippen molar-refractivity contribution in [2.75, 3.05) is 19.0 Å². The number of carbonyl (C=O) groups is 1. The first-order valence-corrected chi connectivity index (χ1v) is 15.5. The van der Waals surface area contributed by atoms with E-state index in [0.717, 1.165) is 35.4 Å². The number of imidazole rings is 1. The van der Waals surface area contributed by atoms with E-state index in [0.29, 0.717) is 27.8 Å². The van der Waals surface area contributed by atoms with Crippen LogP contribution in [0.15, 0.2) is 35.5 Å². The SMILES string of the molecule is COC(=O)c1cc(Nc2nc(Br)cn3c(-c4cnn(COCC[Si](C)(C)C)c4)cnc23)sn1. The lowest BCUT2D eigenvalue weighted by molar-refractivity contribution is 0.0595. The molecule has 0 fully saturated rings. The molecule has 0 aliphatic heterocycles. The van der Waals surface area contributed by atoms with Crippen LogP contribution in [0.4, 0.5) is 10.8 Å². The Morgan fingerprint density at radius 1 is 1.27 bits per heavy atom. The fourth-order valence-corrected chi connectivity index (χ4v) is 4.78. The van der Waals surface area contributed by atoms with Gasteiger partial charge < -0.3 is 14.8 Å². The minimum absolute atomic E-state index is 0.236. The van der Waals surface area contributed by atoms with Crippen molar-refractivity contribution in [1.82, 2.24) is 28.5 Å². The summed E-state index contributed by atoms with van der Waals surface area (Å²) in [6, 6.07) is 2.73. The maximum atomic E-state index is 11.7. The van der Waals surface area contributed by atoms with Crippen molar-refractivity contribution in [2.24, 2.45) is 0 Å². The summed E-state index contributed by atoms with van der Waals surface area (Å²) in [7, 11) is 0.203. The van der Waals surface area contributed by atoms with Gasteiger partial charge in [-0.3, -0.25) is 4.40 Å². The van der Waals surface area contributed by atoms with Crippen LogP contribution < -0.4 is 5.32 Å². The van der Waals surface area contributed by atoms with E-state index in [1.54, 1.807) is 23.1 Å². The molecule has 0 saturated carbocycles. The van der Waals surface area contributed by atoms with E-state index in [-0.39, 0.29) is 5.69 Å². The van der Waals surface area contributed by atoms with Gasteiger partial charge in [0.05, 0.1) is 25.2 Å². The second-order valence-electron chi connectivity index (χ2n) is 8.56. The number of ether oxygens (including phenoxy) is 2. The standard InChI is InChI=1S/C20H24BrN7O3SSi/c1-30-20(29)14-7-17(32-26-14)25-18-19-22-9-15(28(19)11-16(21)24-18)13-8-23-27(10-13)12-31-5-6-33(2,3)4/h7-11H,5-6,12H2,1-4H3,(H,24,25). The first kappa shape index (κ1) is 23.5. The van der Waals surface area contributed by atoms with Gasteiger partial charge in [-0.1, -0.05) is 19.6 Å². The number of methoxy groups -OCH3 is 1. The Morgan fingerprint density at radius 3 is 2.85 bits per heavy atom. The molecule has 1 N–H and O–H groups in total. The Hall–Kier alpha value is -2.61. The molecule has 0 aliphatic rings. The Morgan fingerprint density at radius 2 is 2.09 bits per heavy atom. The summed E-state index contributed by atoms with van der Waals surface area (Å²) in [5.41, 5.74) is 2.63. The highest BCUT2D eigenvalue weighted by molar-refractivity contribution is 9.10. The predicted octanol–water partition coefficient (Wildman–Crippen LogP) is 4.65. The Labute approximate surface area is 204 Å². The molecule has 0 amide bonds. The van der Waals surface area contributed by atoms with Gasteiger partial charge in [0.25, 0.3) is 0 Å². The molecule has 0 unspecified atom stereocenters. The smallest absolute Gasteiger partial charge is 0.357 e. The van der Waals surface area contributed by atoms with E-state index in [9.17, 15) is 4.79 Å². The number of aromatic nitrogens is 6. The number of anilines is 2. The van der Waals surface area contributed by atoms with Crippen molar-refractivity contribution in [3.63, 3.8) is 0 Å². The molecule has 0 saturated heterocycles. The van der Waals surface area contributed by atoms with Crippen LogP contribution in [0.1, 0.15) is 10.5 Å². The van der Waals surface area contributed by atoms with Crippen LogP contribution in [0.5, 0.6) is 0 Å². The van der Waals surface area contributed by atoms with Crippen LogP contribution in [-0.2, 0) is 16.2 Å². The van der Waals surface area contributed by atoms with E-state index >= 15 is 0 Å². The summed E-state index contributed by atoms with van der Waals surface area (Å²) in [6.07, 6.45) is 7.34. The molecule has 0 radical (unpaired) electrons. The van der Waals surface area contributed by atoms with Gasteiger partial charge in [-0.05, 0) is 33.5 Å². The summed E-state index contributed by atoms with van der Waals surface area (Å²) in [4.78, 5) is 20.7. The maximum absolute atomic E-state index is 11.7. The molecule has 4 aromatic rings. The lowest BCUT2D eigenvalue weighted by Gasteiger charge is -2.15. The number of hydrogen-bond donors (Lipinski definition) is 1. The monoisotopic (exact) mass is 549 g/mol. The predicted molar refractivity (Wildman–Crippen MR) is 133 cm³/mol. The molecule has 10 nitrogen and oxygen atoms in total. The highest BCUT2D eigenvalue weighted by Crippen LogP contribution is 2.29. The summed E-state index contributed by atoms with van der Waals surface area (Å²) in [5.74, 6) is 0.0361. The van der Waals surface area contributed by atoms with Crippen LogP contribution in [-0.4, -0.2) is 56.3 Å². The number of nitrogens with one attached hydrogen (secondary N) is 1. The van der Waals surface area contributed by atoms with E-state index in [1.807, 2.05) is 16.8 Å². The second-order valence-corrected chi connectivity index (χ2v) is 15.8. The number of halogens is 1. The fourth-order valence-electron chi connectivity index (χ4n) is 3.01. The van der Waals surface area contributed by atoms with Gasteiger partial charge in [-0.25, -0.2) is 19.4 Å². The van der Waals surface area contributed by atoms with Gasteiger partial charge in [0, 0.05) is 38.7 Å². The van der Waals surface area contributed by atoms with E-state index in [4.69, 9.17) is 9.47 Å². The van der Waals surface area contributed by atoms with Gasteiger partial charge >= 0.3 is 5.97 Å². The molecule has 0 aromatic carbocycles. The van der Waals surface area contributed by atoms with E-state index < -0.39 is 14.0 Å². The van der Waals surface area contributed by atoms with Crippen molar-refractivity contribution in [2.45, 2.75) is 32.4 Å². The molecule has 0 atom stereocenters. The highest BCUT2D eigenvalue weighted by Gasteiger charge is 2.17. The zero-order chi connectivity index (χ0) is 23.6. The molecular weight excluding hydrogens is 526 g/mol. The Kier molecular flexibility index (Phi) is 6.93. The summed E-state index contributed by atoms with van der Waals surface area (Å²) in [5, 5.41) is 8.26. The first-order valence-electron chi connectivity index (χ1n) is 10.2. The van der Waals surface area contributed by atoms with E-state index in [2.05, 4.69) is 60.3 Å². The number of carbonyl (C=O) groups excluding carboxylic acids is 1. The number of rotatable bonds is 9.